The third-order valence-corrected chi connectivity index (χ3v) is 4.72. The van der Waals surface area contributed by atoms with E-state index >= 15 is 0 Å². The van der Waals surface area contributed by atoms with Gasteiger partial charge >= 0.3 is 0 Å². The van der Waals surface area contributed by atoms with Crippen LogP contribution < -0.4 is 10.6 Å². The first-order valence-electron chi connectivity index (χ1n) is 9.70. The summed E-state index contributed by atoms with van der Waals surface area (Å²) in [6, 6.07) is 27.3. The molecule has 0 aliphatic rings. The Hall–Kier alpha value is -2.41. The monoisotopic (exact) mass is 500 g/mol. The zero-order chi connectivity index (χ0) is 19.6. The number of nitrogens with one attached hydrogen (secondary N) is 2. The Morgan fingerprint density at radius 1 is 0.897 bits per heavy atom. The van der Waals surface area contributed by atoms with Crippen LogP contribution in [0.4, 0.5) is 0 Å². The van der Waals surface area contributed by atoms with Crippen LogP contribution in [0.2, 0.25) is 0 Å². The van der Waals surface area contributed by atoms with Crippen LogP contribution in [0, 0.1) is 6.92 Å². The first-order chi connectivity index (χ1) is 13.7. The molecule has 1 atom stereocenters. The molecule has 0 amide bonds. The fraction of sp³-hybridized carbons (Fsp3) is 0.250. The highest BCUT2D eigenvalue weighted by Gasteiger charge is 2.13. The van der Waals surface area contributed by atoms with Crippen molar-refractivity contribution in [2.24, 2.45) is 4.99 Å². The van der Waals surface area contributed by atoms with Gasteiger partial charge in [-0.15, -0.1) is 24.0 Å². The molecule has 1 aromatic heterocycles. The van der Waals surface area contributed by atoms with Gasteiger partial charge in [-0.1, -0.05) is 66.7 Å². The topological polar surface area (TPSA) is 49.3 Å². The lowest BCUT2D eigenvalue weighted by Gasteiger charge is -2.20. The van der Waals surface area contributed by atoms with Crippen molar-refractivity contribution in [2.45, 2.75) is 25.8 Å². The second-order valence-electron chi connectivity index (χ2n) is 6.87. The number of benzene rings is 2. The van der Waals surface area contributed by atoms with Crippen LogP contribution in [0.1, 0.15) is 28.4 Å². The van der Waals surface area contributed by atoms with E-state index in [1.807, 2.05) is 25.1 Å². The molecule has 2 N–H and O–H groups in total. The summed E-state index contributed by atoms with van der Waals surface area (Å²) in [6.45, 7) is 3.46. The molecule has 0 bridgehead atoms. The van der Waals surface area contributed by atoms with Gasteiger partial charge in [0.25, 0.3) is 0 Å². The molecule has 2 aromatic carbocycles. The summed E-state index contributed by atoms with van der Waals surface area (Å²) < 4.78 is 0. The molecule has 5 heteroatoms. The van der Waals surface area contributed by atoms with E-state index in [0.717, 1.165) is 30.3 Å². The highest BCUT2D eigenvalue weighted by atomic mass is 127. The molecule has 0 saturated carbocycles. The number of pyridine rings is 1. The van der Waals surface area contributed by atoms with Crippen LogP contribution in [-0.4, -0.2) is 24.5 Å². The minimum absolute atomic E-state index is 0. The molecular formula is C24H29IN4. The average Bonchev–Trinajstić information content (AvgIpc) is 2.74. The van der Waals surface area contributed by atoms with E-state index in [-0.39, 0.29) is 24.0 Å². The maximum Gasteiger partial charge on any atom is 0.191 e. The smallest absolute Gasteiger partial charge is 0.191 e. The Morgan fingerprint density at radius 3 is 2.24 bits per heavy atom. The van der Waals surface area contributed by atoms with Gasteiger partial charge < -0.3 is 10.6 Å². The van der Waals surface area contributed by atoms with Crippen LogP contribution in [0.25, 0.3) is 0 Å². The summed E-state index contributed by atoms with van der Waals surface area (Å²) in [6.07, 6.45) is 0.980. The van der Waals surface area contributed by atoms with Gasteiger partial charge in [0.2, 0.25) is 0 Å². The van der Waals surface area contributed by atoms with Crippen LogP contribution in [-0.2, 0) is 13.0 Å². The van der Waals surface area contributed by atoms with Crippen molar-refractivity contribution < 1.29 is 0 Å². The maximum absolute atomic E-state index is 4.53. The van der Waals surface area contributed by atoms with E-state index < -0.39 is 0 Å². The van der Waals surface area contributed by atoms with E-state index in [4.69, 9.17) is 0 Å². The molecule has 0 spiro atoms. The fourth-order valence-corrected chi connectivity index (χ4v) is 3.24. The summed E-state index contributed by atoms with van der Waals surface area (Å²) in [5.74, 6) is 1.15. The molecule has 29 heavy (non-hydrogen) atoms. The number of halogens is 1. The van der Waals surface area contributed by atoms with Crippen LogP contribution in [0.3, 0.4) is 0 Å². The number of aromatic nitrogens is 1. The number of nitrogens with zero attached hydrogens (tertiary/aromatic N) is 2. The molecule has 152 valence electrons. The third-order valence-electron chi connectivity index (χ3n) is 4.72. The van der Waals surface area contributed by atoms with E-state index in [2.05, 4.69) is 81.3 Å². The zero-order valence-corrected chi connectivity index (χ0v) is 19.3. The number of guanidine groups is 1. The average molecular weight is 500 g/mol. The molecule has 0 aliphatic carbocycles. The highest BCUT2D eigenvalue weighted by molar-refractivity contribution is 14.0. The summed E-state index contributed by atoms with van der Waals surface area (Å²) in [5.41, 5.74) is 4.70. The van der Waals surface area contributed by atoms with Gasteiger partial charge in [0.15, 0.2) is 5.96 Å². The molecule has 0 saturated heterocycles. The second kappa shape index (κ2) is 12.2. The number of rotatable bonds is 7. The van der Waals surface area contributed by atoms with Gasteiger partial charge in [0, 0.05) is 25.2 Å². The van der Waals surface area contributed by atoms with Gasteiger partial charge in [0.1, 0.15) is 0 Å². The molecular weight excluding hydrogens is 471 g/mol. The molecule has 0 radical (unpaired) electrons. The molecule has 4 nitrogen and oxygen atoms in total. The van der Waals surface area contributed by atoms with Gasteiger partial charge in [0.05, 0.1) is 12.2 Å². The van der Waals surface area contributed by atoms with Crippen molar-refractivity contribution in [1.82, 2.24) is 15.6 Å². The normalized spacial score (nSPS) is 12.0. The quantitative estimate of drug-likeness (QED) is 0.281. The molecule has 0 fully saturated rings. The maximum atomic E-state index is 4.53. The number of hydrogen-bond acceptors (Lipinski definition) is 2. The number of aliphatic imine (C=N–C) groups is 1. The fourth-order valence-electron chi connectivity index (χ4n) is 3.24. The molecule has 1 heterocycles. The van der Waals surface area contributed by atoms with E-state index in [9.17, 15) is 0 Å². The van der Waals surface area contributed by atoms with Crippen molar-refractivity contribution in [3.63, 3.8) is 0 Å². The first kappa shape index (κ1) is 22.9. The van der Waals surface area contributed by atoms with Crippen molar-refractivity contribution >= 4 is 29.9 Å². The second-order valence-corrected chi connectivity index (χ2v) is 6.87. The van der Waals surface area contributed by atoms with Crippen molar-refractivity contribution in [1.29, 1.82) is 0 Å². The Kier molecular flexibility index (Phi) is 9.64. The molecule has 0 aliphatic heterocycles. The van der Waals surface area contributed by atoms with Crippen molar-refractivity contribution in [3.05, 3.63) is 101 Å². The van der Waals surface area contributed by atoms with Gasteiger partial charge in [-0.05, 0) is 36.6 Å². The van der Waals surface area contributed by atoms with Crippen LogP contribution in [0.15, 0.2) is 83.9 Å². The van der Waals surface area contributed by atoms with Crippen LogP contribution in [0.5, 0.6) is 0 Å². The Balaban J connectivity index is 0.00000300. The summed E-state index contributed by atoms with van der Waals surface area (Å²) in [7, 11) is 1.80. The lowest BCUT2D eigenvalue weighted by molar-refractivity contribution is 0.644. The van der Waals surface area contributed by atoms with Crippen molar-refractivity contribution in [3.8, 4) is 0 Å². The van der Waals surface area contributed by atoms with E-state index in [0.29, 0.717) is 12.5 Å². The first-order valence-corrected chi connectivity index (χ1v) is 9.70. The highest BCUT2D eigenvalue weighted by Crippen LogP contribution is 2.20. The zero-order valence-electron chi connectivity index (χ0n) is 17.0. The lowest BCUT2D eigenvalue weighted by atomic mass is 9.92. The predicted molar refractivity (Wildman–Crippen MR) is 132 cm³/mol. The van der Waals surface area contributed by atoms with E-state index in [1.165, 1.54) is 11.1 Å². The summed E-state index contributed by atoms with van der Waals surface area (Å²) in [4.78, 5) is 8.90. The standard InChI is InChI=1S/C24H28N4.HI/c1-19-10-9-15-23(28-19)18-27-24(25-2)26-17-22(21-13-7-4-8-14-21)16-20-11-5-3-6-12-20;/h3-15,22H,16-18H2,1-2H3,(H2,25,26,27);1H. The Labute approximate surface area is 190 Å². The summed E-state index contributed by atoms with van der Waals surface area (Å²) in [5, 5.41) is 6.84. The van der Waals surface area contributed by atoms with Gasteiger partial charge in [-0.25, -0.2) is 0 Å². The van der Waals surface area contributed by atoms with Gasteiger partial charge in [-0.3, -0.25) is 9.98 Å². The number of hydrogen-bond donors (Lipinski definition) is 2. The molecule has 3 aromatic rings. The van der Waals surface area contributed by atoms with Crippen LogP contribution >= 0.6 is 24.0 Å². The Bertz CT molecular complexity index is 882. The minimum atomic E-state index is 0. The largest absolute Gasteiger partial charge is 0.356 e. The van der Waals surface area contributed by atoms with Gasteiger partial charge in [-0.2, -0.15) is 0 Å². The SMILES string of the molecule is CN=C(NCc1cccc(C)n1)NCC(Cc1ccccc1)c1ccccc1.I. The number of aryl methyl sites for hydroxylation is 1. The predicted octanol–water partition coefficient (Wildman–Crippen LogP) is 4.70. The molecule has 1 unspecified atom stereocenters. The van der Waals surface area contributed by atoms with E-state index in [1.54, 1.807) is 7.05 Å². The van der Waals surface area contributed by atoms with Crippen molar-refractivity contribution in [2.75, 3.05) is 13.6 Å². The summed E-state index contributed by atoms with van der Waals surface area (Å²) >= 11 is 0. The Morgan fingerprint density at radius 2 is 1.59 bits per heavy atom. The minimum Gasteiger partial charge on any atom is -0.356 e. The lowest BCUT2D eigenvalue weighted by Crippen LogP contribution is -2.39. The molecule has 3 rings (SSSR count). The third kappa shape index (κ3) is 7.49.